The Morgan fingerprint density at radius 1 is 1.22 bits per heavy atom. The Balaban J connectivity index is 2.95. The van der Waals surface area contributed by atoms with Gasteiger partial charge in [0.05, 0.1) is 14.2 Å². The molecule has 0 spiro atoms. The van der Waals surface area contributed by atoms with Crippen LogP contribution in [0.3, 0.4) is 0 Å². The molecule has 1 N–H and O–H groups in total. The van der Waals surface area contributed by atoms with Gasteiger partial charge in [0, 0.05) is 5.69 Å². The van der Waals surface area contributed by atoms with Crippen molar-refractivity contribution in [2.45, 2.75) is 19.8 Å². The van der Waals surface area contributed by atoms with E-state index in [9.17, 15) is 9.59 Å². The minimum Gasteiger partial charge on any atom is -0.496 e. The largest absolute Gasteiger partial charge is 0.496 e. The molecule has 0 aliphatic rings. The van der Waals surface area contributed by atoms with E-state index < -0.39 is 11.9 Å². The van der Waals surface area contributed by atoms with Gasteiger partial charge in [0.1, 0.15) is 5.75 Å². The molecular formula is C13H17NO4. The molecule has 0 bridgehead atoms. The van der Waals surface area contributed by atoms with Crippen molar-refractivity contribution >= 4 is 17.6 Å². The van der Waals surface area contributed by atoms with Crippen LogP contribution < -0.4 is 10.1 Å². The number of hydrogen-bond acceptors (Lipinski definition) is 4. The second kappa shape index (κ2) is 6.05. The SMILES string of the molecule is COC(=O)C(=O)Nc1ccc(OC)c(C(C)C)c1. The third-order valence-electron chi connectivity index (χ3n) is 2.48. The summed E-state index contributed by atoms with van der Waals surface area (Å²) in [5.74, 6) is -0.717. The van der Waals surface area contributed by atoms with E-state index in [1.165, 1.54) is 0 Å². The van der Waals surface area contributed by atoms with Crippen molar-refractivity contribution in [3.63, 3.8) is 0 Å². The Labute approximate surface area is 106 Å². The lowest BCUT2D eigenvalue weighted by molar-refractivity contribution is -0.150. The number of nitrogens with one attached hydrogen (secondary N) is 1. The van der Waals surface area contributed by atoms with Crippen LogP contribution in [0.5, 0.6) is 5.75 Å². The van der Waals surface area contributed by atoms with Gasteiger partial charge in [-0.3, -0.25) is 4.79 Å². The van der Waals surface area contributed by atoms with Crippen LogP contribution in [-0.2, 0) is 14.3 Å². The van der Waals surface area contributed by atoms with Crippen molar-refractivity contribution in [2.24, 2.45) is 0 Å². The van der Waals surface area contributed by atoms with Crippen molar-refractivity contribution in [2.75, 3.05) is 19.5 Å². The molecule has 0 fully saturated rings. The molecule has 0 saturated carbocycles. The molecule has 5 heteroatoms. The van der Waals surface area contributed by atoms with Gasteiger partial charge < -0.3 is 14.8 Å². The maximum Gasteiger partial charge on any atom is 0.396 e. The average molecular weight is 251 g/mol. The average Bonchev–Trinajstić information content (AvgIpc) is 2.37. The van der Waals surface area contributed by atoms with Crippen LogP contribution in [-0.4, -0.2) is 26.1 Å². The lowest BCUT2D eigenvalue weighted by Gasteiger charge is -2.13. The molecule has 0 unspecified atom stereocenters. The number of anilines is 1. The number of carbonyl (C=O) groups is 2. The lowest BCUT2D eigenvalue weighted by Crippen LogP contribution is -2.23. The molecule has 0 aliphatic heterocycles. The zero-order chi connectivity index (χ0) is 13.7. The second-order valence-corrected chi connectivity index (χ2v) is 4.06. The number of benzene rings is 1. The van der Waals surface area contributed by atoms with Gasteiger partial charge in [-0.2, -0.15) is 0 Å². The van der Waals surface area contributed by atoms with Crippen LogP contribution in [0.4, 0.5) is 5.69 Å². The maximum atomic E-state index is 11.4. The van der Waals surface area contributed by atoms with Crippen LogP contribution in [0, 0.1) is 0 Å². The summed E-state index contributed by atoms with van der Waals surface area (Å²) >= 11 is 0. The summed E-state index contributed by atoms with van der Waals surface area (Å²) < 4.78 is 9.56. The smallest absolute Gasteiger partial charge is 0.396 e. The number of esters is 1. The number of ether oxygens (including phenoxy) is 2. The Morgan fingerprint density at radius 3 is 2.39 bits per heavy atom. The first-order valence-corrected chi connectivity index (χ1v) is 5.56. The fourth-order valence-electron chi connectivity index (χ4n) is 1.54. The number of amides is 1. The summed E-state index contributed by atoms with van der Waals surface area (Å²) in [6.07, 6.45) is 0. The van der Waals surface area contributed by atoms with E-state index in [1.807, 2.05) is 13.8 Å². The zero-order valence-corrected chi connectivity index (χ0v) is 10.9. The summed E-state index contributed by atoms with van der Waals surface area (Å²) in [4.78, 5) is 22.4. The van der Waals surface area contributed by atoms with Crippen molar-refractivity contribution in [3.05, 3.63) is 23.8 Å². The molecule has 0 aliphatic carbocycles. The highest BCUT2D eigenvalue weighted by molar-refractivity contribution is 6.37. The monoisotopic (exact) mass is 251 g/mol. The zero-order valence-electron chi connectivity index (χ0n) is 10.9. The van der Waals surface area contributed by atoms with Crippen LogP contribution in [0.1, 0.15) is 25.3 Å². The Morgan fingerprint density at radius 2 is 1.89 bits per heavy atom. The Hall–Kier alpha value is -2.04. The van der Waals surface area contributed by atoms with Crippen LogP contribution in [0.2, 0.25) is 0 Å². The molecular weight excluding hydrogens is 234 g/mol. The van der Waals surface area contributed by atoms with Gasteiger partial charge in [0.15, 0.2) is 0 Å². The second-order valence-electron chi connectivity index (χ2n) is 4.06. The molecule has 1 aromatic rings. The van der Waals surface area contributed by atoms with Crippen LogP contribution in [0.25, 0.3) is 0 Å². The van der Waals surface area contributed by atoms with Crippen molar-refractivity contribution in [3.8, 4) is 5.75 Å². The fraction of sp³-hybridized carbons (Fsp3) is 0.385. The minimum atomic E-state index is -0.920. The third kappa shape index (κ3) is 3.23. The molecule has 1 aromatic carbocycles. The van der Waals surface area contributed by atoms with E-state index in [2.05, 4.69) is 10.1 Å². The fourth-order valence-corrected chi connectivity index (χ4v) is 1.54. The van der Waals surface area contributed by atoms with Crippen molar-refractivity contribution < 1.29 is 19.1 Å². The number of hydrogen-bond donors (Lipinski definition) is 1. The third-order valence-corrected chi connectivity index (χ3v) is 2.48. The molecule has 0 atom stereocenters. The van der Waals surface area contributed by atoms with Gasteiger partial charge in [0.2, 0.25) is 0 Å². The Bertz CT molecular complexity index is 454. The normalized spacial score (nSPS) is 10.1. The summed E-state index contributed by atoms with van der Waals surface area (Å²) in [6.45, 7) is 4.04. The van der Waals surface area contributed by atoms with Gasteiger partial charge in [-0.1, -0.05) is 13.8 Å². The number of methoxy groups -OCH3 is 2. The predicted molar refractivity (Wildman–Crippen MR) is 67.7 cm³/mol. The standard InChI is InChI=1S/C13H17NO4/c1-8(2)10-7-9(5-6-11(10)17-3)14-12(15)13(16)18-4/h5-8H,1-4H3,(H,14,15). The Kier molecular flexibility index (Phi) is 4.71. The molecule has 1 rings (SSSR count). The molecule has 5 nitrogen and oxygen atoms in total. The molecule has 98 valence electrons. The number of rotatable bonds is 3. The highest BCUT2D eigenvalue weighted by Crippen LogP contribution is 2.29. The predicted octanol–water partition coefficient (Wildman–Crippen LogP) is 1.93. The van der Waals surface area contributed by atoms with Gasteiger partial charge in [-0.25, -0.2) is 4.79 Å². The van der Waals surface area contributed by atoms with E-state index in [0.29, 0.717) is 5.69 Å². The van der Waals surface area contributed by atoms with Crippen molar-refractivity contribution in [1.82, 2.24) is 0 Å². The first-order chi connectivity index (χ1) is 8.49. The molecule has 0 radical (unpaired) electrons. The van der Waals surface area contributed by atoms with Gasteiger partial charge in [-0.05, 0) is 29.7 Å². The minimum absolute atomic E-state index is 0.245. The summed E-state index contributed by atoms with van der Waals surface area (Å²) in [5.41, 5.74) is 1.50. The summed E-state index contributed by atoms with van der Waals surface area (Å²) in [7, 11) is 2.75. The summed E-state index contributed by atoms with van der Waals surface area (Å²) in [6, 6.07) is 5.21. The van der Waals surface area contributed by atoms with Gasteiger partial charge in [0.25, 0.3) is 0 Å². The highest BCUT2D eigenvalue weighted by Gasteiger charge is 2.15. The van der Waals surface area contributed by atoms with Crippen LogP contribution in [0.15, 0.2) is 18.2 Å². The van der Waals surface area contributed by atoms with E-state index in [1.54, 1.807) is 25.3 Å². The topological polar surface area (TPSA) is 64.6 Å². The molecule has 0 saturated heterocycles. The van der Waals surface area contributed by atoms with E-state index >= 15 is 0 Å². The van der Waals surface area contributed by atoms with E-state index in [0.717, 1.165) is 18.4 Å². The van der Waals surface area contributed by atoms with Gasteiger partial charge in [-0.15, -0.1) is 0 Å². The first-order valence-electron chi connectivity index (χ1n) is 5.56. The quantitative estimate of drug-likeness (QED) is 0.658. The van der Waals surface area contributed by atoms with Gasteiger partial charge >= 0.3 is 11.9 Å². The first kappa shape index (κ1) is 14.0. The van der Waals surface area contributed by atoms with Crippen molar-refractivity contribution in [1.29, 1.82) is 0 Å². The van der Waals surface area contributed by atoms with E-state index in [4.69, 9.17) is 4.74 Å². The molecule has 18 heavy (non-hydrogen) atoms. The molecule has 0 heterocycles. The van der Waals surface area contributed by atoms with Crippen LogP contribution >= 0.6 is 0 Å². The summed E-state index contributed by atoms with van der Waals surface area (Å²) in [5, 5.41) is 2.47. The highest BCUT2D eigenvalue weighted by atomic mass is 16.5. The van der Waals surface area contributed by atoms with E-state index in [-0.39, 0.29) is 5.92 Å². The lowest BCUT2D eigenvalue weighted by atomic mass is 10.0. The number of carbonyl (C=O) groups excluding carboxylic acids is 2. The molecule has 0 aromatic heterocycles. The maximum absolute atomic E-state index is 11.4. The molecule has 1 amide bonds.